The van der Waals surface area contributed by atoms with E-state index in [0.717, 1.165) is 11.1 Å². The fourth-order valence-electron chi connectivity index (χ4n) is 2.52. The van der Waals surface area contributed by atoms with Crippen molar-refractivity contribution in [2.45, 2.75) is 19.6 Å². The lowest BCUT2D eigenvalue weighted by Crippen LogP contribution is -2.39. The van der Waals surface area contributed by atoms with Gasteiger partial charge in [0.1, 0.15) is 0 Å². The molecule has 0 radical (unpaired) electrons. The van der Waals surface area contributed by atoms with Gasteiger partial charge >= 0.3 is 0 Å². The summed E-state index contributed by atoms with van der Waals surface area (Å²) in [7, 11) is 3.46. The maximum Gasteiger partial charge on any atom is 0.253 e. The third-order valence-corrected chi connectivity index (χ3v) is 4.34. The van der Waals surface area contributed by atoms with Crippen LogP contribution in [0.25, 0.3) is 0 Å². The van der Waals surface area contributed by atoms with Crippen molar-refractivity contribution in [2.75, 3.05) is 27.2 Å². The number of aliphatic hydroxyl groups is 1. The number of halogens is 2. The summed E-state index contributed by atoms with van der Waals surface area (Å²) in [5.74, 6) is 0.588. The van der Waals surface area contributed by atoms with Crippen LogP contribution >= 0.6 is 35.6 Å². The number of amides is 1. The molecule has 3 N–H and O–H groups in total. The van der Waals surface area contributed by atoms with Gasteiger partial charge in [0.15, 0.2) is 5.96 Å². The number of benzene rings is 2. The van der Waals surface area contributed by atoms with Crippen LogP contribution in [0.5, 0.6) is 0 Å². The number of aliphatic hydroxyl groups excluding tert-OH is 1. The molecular weight excluding hydrogens is 503 g/mol. The summed E-state index contributed by atoms with van der Waals surface area (Å²) in [5, 5.41) is 17.3. The minimum absolute atomic E-state index is 0. The predicted molar refractivity (Wildman–Crippen MR) is 129 cm³/mol. The normalized spacial score (nSPS) is 12.0. The lowest BCUT2D eigenvalue weighted by atomic mass is 10.1. The Morgan fingerprint density at radius 2 is 1.72 bits per heavy atom. The van der Waals surface area contributed by atoms with Crippen molar-refractivity contribution >= 4 is 47.4 Å². The third kappa shape index (κ3) is 8.20. The van der Waals surface area contributed by atoms with Gasteiger partial charge < -0.3 is 20.6 Å². The fraction of sp³-hybridized carbons (Fsp3) is 0.333. The summed E-state index contributed by atoms with van der Waals surface area (Å²) in [6.45, 7) is 3.47. The van der Waals surface area contributed by atoms with Crippen molar-refractivity contribution in [3.05, 3.63) is 70.2 Å². The van der Waals surface area contributed by atoms with Crippen LogP contribution in [-0.4, -0.2) is 49.1 Å². The van der Waals surface area contributed by atoms with Gasteiger partial charge in [-0.15, -0.1) is 24.0 Å². The van der Waals surface area contributed by atoms with E-state index >= 15 is 0 Å². The first kappa shape index (κ1) is 25.2. The first-order chi connectivity index (χ1) is 13.4. The first-order valence-corrected chi connectivity index (χ1v) is 9.54. The van der Waals surface area contributed by atoms with Gasteiger partial charge in [0.25, 0.3) is 5.91 Å². The van der Waals surface area contributed by atoms with E-state index in [9.17, 15) is 9.90 Å². The van der Waals surface area contributed by atoms with Crippen LogP contribution in [0.3, 0.4) is 0 Å². The minimum Gasteiger partial charge on any atom is -0.387 e. The average molecular weight is 531 g/mol. The van der Waals surface area contributed by atoms with Crippen molar-refractivity contribution in [3.63, 3.8) is 0 Å². The van der Waals surface area contributed by atoms with Crippen molar-refractivity contribution in [1.29, 1.82) is 0 Å². The topological polar surface area (TPSA) is 77.0 Å². The largest absolute Gasteiger partial charge is 0.387 e. The Morgan fingerprint density at radius 1 is 1.10 bits per heavy atom. The molecule has 1 unspecified atom stereocenters. The molecule has 1 atom stereocenters. The number of carbonyl (C=O) groups excluding carboxylic acids is 1. The van der Waals surface area contributed by atoms with E-state index in [1.807, 2.05) is 19.1 Å². The second-order valence-corrected chi connectivity index (χ2v) is 6.98. The number of guanidine groups is 1. The lowest BCUT2D eigenvalue weighted by molar-refractivity contribution is 0.0827. The molecule has 0 spiro atoms. The number of hydrogen-bond donors (Lipinski definition) is 3. The summed E-state index contributed by atoms with van der Waals surface area (Å²) < 4.78 is 0. The van der Waals surface area contributed by atoms with Crippen molar-refractivity contribution in [1.82, 2.24) is 15.5 Å². The smallest absolute Gasteiger partial charge is 0.253 e. The van der Waals surface area contributed by atoms with Gasteiger partial charge in [0, 0.05) is 37.8 Å². The van der Waals surface area contributed by atoms with Gasteiger partial charge in [-0.25, -0.2) is 4.99 Å². The van der Waals surface area contributed by atoms with E-state index in [1.165, 1.54) is 0 Å². The average Bonchev–Trinajstić information content (AvgIpc) is 2.70. The zero-order chi connectivity index (χ0) is 20.5. The number of hydrogen-bond acceptors (Lipinski definition) is 3. The molecule has 0 aliphatic rings. The number of aliphatic imine (C=N–C) groups is 1. The summed E-state index contributed by atoms with van der Waals surface area (Å²) in [4.78, 5) is 18.0. The monoisotopic (exact) mass is 530 g/mol. The standard InChI is InChI=1S/C21H27ClN4O2.HI/c1-4-23-21(25-14-19(27)16-9-11-18(22)12-10-16)24-13-15-5-7-17(8-6-15)20(28)26(2)3;/h5-12,19,27H,4,13-14H2,1-3H3,(H2,23,24,25);1H. The van der Waals surface area contributed by atoms with Gasteiger partial charge in [0.05, 0.1) is 12.6 Å². The predicted octanol–water partition coefficient (Wildman–Crippen LogP) is 3.45. The maximum absolute atomic E-state index is 11.9. The molecule has 0 saturated heterocycles. The Balaban J connectivity index is 0.00000420. The number of carbonyl (C=O) groups is 1. The van der Waals surface area contributed by atoms with Gasteiger partial charge in [-0.2, -0.15) is 0 Å². The Hall–Kier alpha value is -1.84. The molecule has 29 heavy (non-hydrogen) atoms. The Bertz CT molecular complexity index is 795. The molecule has 2 rings (SSSR count). The number of nitrogens with zero attached hydrogens (tertiary/aromatic N) is 2. The van der Waals surface area contributed by atoms with Gasteiger partial charge in [-0.3, -0.25) is 4.79 Å². The SMILES string of the molecule is CCNC(=NCc1ccc(C(=O)N(C)C)cc1)NCC(O)c1ccc(Cl)cc1.I. The highest BCUT2D eigenvalue weighted by atomic mass is 127. The van der Waals surface area contributed by atoms with Crippen molar-refractivity contribution in [3.8, 4) is 0 Å². The number of nitrogens with one attached hydrogen (secondary N) is 2. The first-order valence-electron chi connectivity index (χ1n) is 9.17. The van der Waals surface area contributed by atoms with E-state index in [4.69, 9.17) is 11.6 Å². The van der Waals surface area contributed by atoms with E-state index in [0.29, 0.717) is 36.2 Å². The van der Waals surface area contributed by atoms with E-state index < -0.39 is 6.10 Å². The van der Waals surface area contributed by atoms with Crippen LogP contribution in [0.4, 0.5) is 0 Å². The number of rotatable bonds is 7. The van der Waals surface area contributed by atoms with Crippen LogP contribution in [0.2, 0.25) is 5.02 Å². The molecule has 0 saturated carbocycles. The minimum atomic E-state index is -0.669. The molecule has 0 aliphatic heterocycles. The summed E-state index contributed by atoms with van der Waals surface area (Å²) in [5.41, 5.74) is 2.42. The fourth-order valence-corrected chi connectivity index (χ4v) is 2.65. The summed E-state index contributed by atoms with van der Waals surface area (Å²) in [6.07, 6.45) is -0.669. The molecule has 8 heteroatoms. The zero-order valence-electron chi connectivity index (χ0n) is 16.9. The molecule has 158 valence electrons. The quantitative estimate of drug-likeness (QED) is 0.291. The van der Waals surface area contributed by atoms with E-state index in [-0.39, 0.29) is 29.9 Å². The van der Waals surface area contributed by atoms with E-state index in [1.54, 1.807) is 55.4 Å². The van der Waals surface area contributed by atoms with Crippen molar-refractivity contribution in [2.24, 2.45) is 4.99 Å². The molecule has 2 aromatic carbocycles. The molecule has 0 fully saturated rings. The molecule has 0 aliphatic carbocycles. The maximum atomic E-state index is 11.9. The highest BCUT2D eigenvalue weighted by Gasteiger charge is 2.09. The highest BCUT2D eigenvalue weighted by molar-refractivity contribution is 14.0. The van der Waals surface area contributed by atoms with Crippen LogP contribution in [0.1, 0.15) is 34.5 Å². The third-order valence-electron chi connectivity index (χ3n) is 4.09. The molecule has 0 heterocycles. The van der Waals surface area contributed by atoms with E-state index in [2.05, 4.69) is 15.6 Å². The second kappa shape index (κ2) is 12.7. The molecule has 0 aromatic heterocycles. The van der Waals surface area contributed by atoms with Gasteiger partial charge in [-0.1, -0.05) is 35.9 Å². The summed E-state index contributed by atoms with van der Waals surface area (Å²) >= 11 is 5.88. The highest BCUT2D eigenvalue weighted by Crippen LogP contribution is 2.15. The second-order valence-electron chi connectivity index (χ2n) is 6.54. The lowest BCUT2D eigenvalue weighted by Gasteiger charge is -2.15. The van der Waals surface area contributed by atoms with Gasteiger partial charge in [0.2, 0.25) is 0 Å². The Kier molecular flexibility index (Phi) is 11.0. The van der Waals surface area contributed by atoms with Crippen LogP contribution in [0, 0.1) is 0 Å². The Morgan fingerprint density at radius 3 is 2.28 bits per heavy atom. The van der Waals surface area contributed by atoms with Crippen LogP contribution < -0.4 is 10.6 Å². The zero-order valence-corrected chi connectivity index (χ0v) is 19.9. The van der Waals surface area contributed by atoms with Gasteiger partial charge in [-0.05, 0) is 42.3 Å². The molecule has 6 nitrogen and oxygen atoms in total. The summed E-state index contributed by atoms with van der Waals surface area (Å²) in [6, 6.07) is 14.5. The molecule has 1 amide bonds. The molecule has 2 aromatic rings. The van der Waals surface area contributed by atoms with Crippen LogP contribution in [-0.2, 0) is 6.54 Å². The Labute approximate surface area is 194 Å². The molecular formula is C21H28ClIN4O2. The van der Waals surface area contributed by atoms with Crippen LogP contribution in [0.15, 0.2) is 53.5 Å². The molecule has 0 bridgehead atoms. The van der Waals surface area contributed by atoms with Crippen molar-refractivity contribution < 1.29 is 9.90 Å².